The number of amides is 3. The first kappa shape index (κ1) is 16.3. The zero-order valence-corrected chi connectivity index (χ0v) is 12.0. The van der Waals surface area contributed by atoms with Crippen molar-refractivity contribution in [2.45, 2.75) is 25.9 Å². The summed E-state index contributed by atoms with van der Waals surface area (Å²) in [6.07, 6.45) is 0. The number of carbonyl (C=O) groups is 4. The van der Waals surface area contributed by atoms with Crippen molar-refractivity contribution in [3.05, 3.63) is 0 Å². The molecule has 20 heavy (non-hydrogen) atoms. The SMILES string of the molecule is CC(=O)NCCN(C(=O)[C@@H]1CSC(=O)N1)C(C)C(=O)O. The van der Waals surface area contributed by atoms with Crippen LogP contribution in [0, 0.1) is 0 Å². The maximum Gasteiger partial charge on any atom is 0.326 e. The molecule has 1 fully saturated rings. The summed E-state index contributed by atoms with van der Waals surface area (Å²) in [5.41, 5.74) is 0. The molecule has 2 atom stereocenters. The van der Waals surface area contributed by atoms with E-state index >= 15 is 0 Å². The number of nitrogens with one attached hydrogen (secondary N) is 2. The molecule has 3 N–H and O–H groups in total. The quantitative estimate of drug-likeness (QED) is 0.594. The lowest BCUT2D eigenvalue weighted by Crippen LogP contribution is -2.53. The van der Waals surface area contributed by atoms with E-state index in [0.717, 1.165) is 16.7 Å². The van der Waals surface area contributed by atoms with Crippen LogP contribution in [0.5, 0.6) is 0 Å². The molecule has 1 aliphatic heterocycles. The second-order valence-corrected chi connectivity index (χ2v) is 5.32. The molecule has 9 heteroatoms. The molecule has 0 saturated carbocycles. The Kier molecular flexibility index (Phi) is 5.81. The summed E-state index contributed by atoms with van der Waals surface area (Å²) < 4.78 is 0. The van der Waals surface area contributed by atoms with Gasteiger partial charge in [-0.15, -0.1) is 0 Å². The average Bonchev–Trinajstić information content (AvgIpc) is 2.79. The molecular weight excluding hydrogens is 286 g/mol. The van der Waals surface area contributed by atoms with Gasteiger partial charge in [-0.1, -0.05) is 11.8 Å². The monoisotopic (exact) mass is 303 g/mol. The van der Waals surface area contributed by atoms with Crippen LogP contribution in [0.2, 0.25) is 0 Å². The van der Waals surface area contributed by atoms with Gasteiger partial charge in [0, 0.05) is 25.8 Å². The number of rotatable bonds is 6. The second-order valence-electron chi connectivity index (χ2n) is 4.32. The van der Waals surface area contributed by atoms with Crippen LogP contribution in [-0.4, -0.2) is 64.0 Å². The van der Waals surface area contributed by atoms with Crippen molar-refractivity contribution >= 4 is 34.8 Å². The molecule has 8 nitrogen and oxygen atoms in total. The zero-order valence-electron chi connectivity index (χ0n) is 11.2. The van der Waals surface area contributed by atoms with Crippen LogP contribution in [0.3, 0.4) is 0 Å². The number of carboxylic acids is 1. The smallest absolute Gasteiger partial charge is 0.326 e. The fraction of sp³-hybridized carbons (Fsp3) is 0.636. The lowest BCUT2D eigenvalue weighted by Gasteiger charge is -2.28. The van der Waals surface area contributed by atoms with E-state index in [1.54, 1.807) is 0 Å². The van der Waals surface area contributed by atoms with Gasteiger partial charge in [-0.2, -0.15) is 0 Å². The van der Waals surface area contributed by atoms with Gasteiger partial charge < -0.3 is 20.6 Å². The highest BCUT2D eigenvalue weighted by molar-refractivity contribution is 8.14. The van der Waals surface area contributed by atoms with Crippen molar-refractivity contribution in [2.24, 2.45) is 0 Å². The Hall–Kier alpha value is -1.77. The molecule has 112 valence electrons. The van der Waals surface area contributed by atoms with Crippen LogP contribution in [0.4, 0.5) is 4.79 Å². The lowest BCUT2D eigenvalue weighted by atomic mass is 10.2. The molecule has 0 aromatic heterocycles. The average molecular weight is 303 g/mol. The van der Waals surface area contributed by atoms with Crippen molar-refractivity contribution in [1.29, 1.82) is 0 Å². The van der Waals surface area contributed by atoms with Crippen LogP contribution in [0.15, 0.2) is 0 Å². The fourth-order valence-electron chi connectivity index (χ4n) is 1.70. The van der Waals surface area contributed by atoms with E-state index in [1.807, 2.05) is 0 Å². The molecule has 0 aromatic carbocycles. The Morgan fingerprint density at radius 2 is 2.20 bits per heavy atom. The normalized spacial score (nSPS) is 19.1. The van der Waals surface area contributed by atoms with Gasteiger partial charge in [-0.25, -0.2) is 4.79 Å². The van der Waals surface area contributed by atoms with Gasteiger partial charge in [-0.05, 0) is 6.92 Å². The molecule has 0 aromatic rings. The molecule has 0 bridgehead atoms. The van der Waals surface area contributed by atoms with Crippen molar-refractivity contribution in [3.8, 4) is 0 Å². The van der Waals surface area contributed by atoms with Gasteiger partial charge in [0.2, 0.25) is 11.8 Å². The van der Waals surface area contributed by atoms with E-state index in [9.17, 15) is 19.2 Å². The fourth-order valence-corrected chi connectivity index (χ4v) is 2.47. The molecule has 1 aliphatic rings. The summed E-state index contributed by atoms with van der Waals surface area (Å²) in [6.45, 7) is 2.95. The topological polar surface area (TPSA) is 116 Å². The standard InChI is InChI=1S/C11H17N3O5S/c1-6(10(17)18)14(4-3-12-7(2)15)9(16)8-5-20-11(19)13-8/h6,8H,3-5H2,1-2H3,(H,12,15)(H,13,19)(H,17,18)/t6?,8-/m0/s1. The van der Waals surface area contributed by atoms with Crippen LogP contribution in [-0.2, 0) is 14.4 Å². The molecule has 1 heterocycles. The molecule has 0 aliphatic carbocycles. The number of thioether (sulfide) groups is 1. The van der Waals surface area contributed by atoms with E-state index in [0.29, 0.717) is 0 Å². The summed E-state index contributed by atoms with van der Waals surface area (Å²) in [5.74, 6) is -1.58. The van der Waals surface area contributed by atoms with E-state index in [-0.39, 0.29) is 30.0 Å². The predicted molar refractivity (Wildman–Crippen MR) is 72.3 cm³/mol. The van der Waals surface area contributed by atoms with Crippen LogP contribution in [0.25, 0.3) is 0 Å². The Morgan fingerprint density at radius 3 is 2.65 bits per heavy atom. The lowest BCUT2D eigenvalue weighted by molar-refractivity contribution is -0.149. The summed E-state index contributed by atoms with van der Waals surface area (Å²) in [5, 5.41) is 13.7. The molecule has 1 saturated heterocycles. The van der Waals surface area contributed by atoms with Crippen molar-refractivity contribution in [2.75, 3.05) is 18.8 Å². The number of carbonyl (C=O) groups excluding carboxylic acids is 3. The Morgan fingerprint density at radius 1 is 1.55 bits per heavy atom. The second kappa shape index (κ2) is 7.13. The van der Waals surface area contributed by atoms with Gasteiger partial charge in [0.15, 0.2) is 0 Å². The summed E-state index contributed by atoms with van der Waals surface area (Å²) in [4.78, 5) is 46.3. The molecule has 3 amide bonds. The minimum absolute atomic E-state index is 0.0723. The van der Waals surface area contributed by atoms with Crippen LogP contribution < -0.4 is 10.6 Å². The van der Waals surface area contributed by atoms with Gasteiger partial charge >= 0.3 is 5.97 Å². The number of nitrogens with zero attached hydrogens (tertiary/aromatic N) is 1. The molecule has 0 spiro atoms. The largest absolute Gasteiger partial charge is 0.480 e. The summed E-state index contributed by atoms with van der Waals surface area (Å²) >= 11 is 0.985. The molecule has 1 unspecified atom stereocenters. The number of aliphatic carboxylic acids is 1. The third-order valence-corrected chi connectivity index (χ3v) is 3.69. The first-order chi connectivity index (χ1) is 9.32. The first-order valence-electron chi connectivity index (χ1n) is 6.04. The number of carboxylic acid groups (broad SMARTS) is 1. The van der Waals surface area contributed by atoms with E-state index in [4.69, 9.17) is 5.11 Å². The van der Waals surface area contributed by atoms with E-state index in [1.165, 1.54) is 13.8 Å². The maximum absolute atomic E-state index is 12.2. The highest BCUT2D eigenvalue weighted by Crippen LogP contribution is 2.16. The number of hydrogen-bond acceptors (Lipinski definition) is 5. The third kappa shape index (κ3) is 4.41. The van der Waals surface area contributed by atoms with Crippen molar-refractivity contribution in [3.63, 3.8) is 0 Å². The van der Waals surface area contributed by atoms with Gasteiger partial charge in [-0.3, -0.25) is 14.4 Å². The summed E-state index contributed by atoms with van der Waals surface area (Å²) in [6, 6.07) is -1.75. The van der Waals surface area contributed by atoms with Crippen LogP contribution >= 0.6 is 11.8 Å². The van der Waals surface area contributed by atoms with Crippen molar-refractivity contribution < 1.29 is 24.3 Å². The minimum atomic E-state index is -1.14. The third-order valence-electron chi connectivity index (χ3n) is 2.81. The predicted octanol–water partition coefficient (Wildman–Crippen LogP) is -0.751. The Balaban J connectivity index is 2.70. The van der Waals surface area contributed by atoms with E-state index < -0.39 is 24.0 Å². The molecule has 1 rings (SSSR count). The van der Waals surface area contributed by atoms with E-state index in [2.05, 4.69) is 10.6 Å². The molecular formula is C11H17N3O5S. The van der Waals surface area contributed by atoms with Gasteiger partial charge in [0.05, 0.1) is 0 Å². The highest BCUT2D eigenvalue weighted by Gasteiger charge is 2.35. The summed E-state index contributed by atoms with van der Waals surface area (Å²) in [7, 11) is 0. The molecule has 0 radical (unpaired) electrons. The Bertz CT molecular complexity index is 428. The van der Waals surface area contributed by atoms with Gasteiger partial charge in [0.25, 0.3) is 5.24 Å². The minimum Gasteiger partial charge on any atom is -0.480 e. The van der Waals surface area contributed by atoms with Crippen molar-refractivity contribution in [1.82, 2.24) is 15.5 Å². The zero-order chi connectivity index (χ0) is 15.3. The first-order valence-corrected chi connectivity index (χ1v) is 7.02. The van der Waals surface area contributed by atoms with Crippen LogP contribution in [0.1, 0.15) is 13.8 Å². The highest BCUT2D eigenvalue weighted by atomic mass is 32.2. The maximum atomic E-state index is 12.2. The Labute approximate surface area is 120 Å². The number of hydrogen-bond donors (Lipinski definition) is 3. The van der Waals surface area contributed by atoms with Gasteiger partial charge in [0.1, 0.15) is 12.1 Å².